The Morgan fingerprint density at radius 2 is 1.71 bits per heavy atom. The summed E-state index contributed by atoms with van der Waals surface area (Å²) in [7, 11) is -5.49. The van der Waals surface area contributed by atoms with E-state index in [0.717, 1.165) is 16.3 Å². The van der Waals surface area contributed by atoms with E-state index in [0.29, 0.717) is 16.5 Å². The van der Waals surface area contributed by atoms with Crippen LogP contribution in [0.15, 0.2) is 66.0 Å². The van der Waals surface area contributed by atoms with E-state index >= 15 is 0 Å². The molecule has 0 saturated heterocycles. The fourth-order valence-corrected chi connectivity index (χ4v) is 4.79. The molecule has 0 saturated carbocycles. The van der Waals surface area contributed by atoms with Crippen molar-refractivity contribution in [3.05, 3.63) is 77.3 Å². The van der Waals surface area contributed by atoms with Gasteiger partial charge in [0.2, 0.25) is 0 Å². The molecule has 184 valence electrons. The van der Waals surface area contributed by atoms with Crippen molar-refractivity contribution in [1.82, 2.24) is 4.98 Å². The van der Waals surface area contributed by atoms with Crippen LogP contribution >= 0.6 is 11.3 Å². The number of thiazole rings is 1. The van der Waals surface area contributed by atoms with Crippen LogP contribution in [0, 0.1) is 0 Å². The van der Waals surface area contributed by atoms with Gasteiger partial charge < -0.3 is 4.74 Å². The van der Waals surface area contributed by atoms with Gasteiger partial charge in [-0.15, -0.1) is 11.3 Å². The lowest BCUT2D eigenvalue weighted by molar-refractivity contribution is -0.0429. The number of fused-ring (bicyclic) bond motifs is 1. The van der Waals surface area contributed by atoms with E-state index < -0.39 is 15.5 Å². The minimum Gasteiger partial charge on any atom is -0.487 e. The highest BCUT2D eigenvalue weighted by molar-refractivity contribution is 7.93. The zero-order valence-corrected chi connectivity index (χ0v) is 20.8. The van der Waals surface area contributed by atoms with Crippen molar-refractivity contribution in [2.45, 2.75) is 38.3 Å². The van der Waals surface area contributed by atoms with Crippen LogP contribution in [0.4, 0.5) is 18.9 Å². The van der Waals surface area contributed by atoms with Gasteiger partial charge >= 0.3 is 15.5 Å². The second kappa shape index (κ2) is 9.16. The van der Waals surface area contributed by atoms with Crippen LogP contribution in [0.2, 0.25) is 0 Å². The molecular weight excluding hydrogens is 497 g/mol. The number of aromatic nitrogens is 1. The second-order valence-corrected chi connectivity index (χ2v) is 11.5. The second-order valence-electron chi connectivity index (χ2n) is 9.00. The molecule has 0 radical (unpaired) electrons. The molecule has 0 atom stereocenters. The fourth-order valence-electron chi connectivity index (χ4n) is 3.43. The Morgan fingerprint density at radius 1 is 1.00 bits per heavy atom. The summed E-state index contributed by atoms with van der Waals surface area (Å²) in [6.45, 7) is 6.69. The van der Waals surface area contributed by atoms with Crippen molar-refractivity contribution in [1.29, 1.82) is 0 Å². The summed E-state index contributed by atoms with van der Waals surface area (Å²) in [4.78, 5) is 4.66. The van der Waals surface area contributed by atoms with Crippen molar-refractivity contribution < 1.29 is 26.3 Å². The monoisotopic (exact) mass is 520 g/mol. The molecule has 1 heterocycles. The first-order valence-electron chi connectivity index (χ1n) is 10.6. The Hall–Kier alpha value is -3.11. The summed E-state index contributed by atoms with van der Waals surface area (Å²) in [6, 6.07) is 17.5. The normalized spacial score (nSPS) is 12.6. The number of hydrogen-bond acceptors (Lipinski definition) is 5. The van der Waals surface area contributed by atoms with Crippen LogP contribution in [0.5, 0.6) is 5.75 Å². The Morgan fingerprint density at radius 3 is 2.37 bits per heavy atom. The van der Waals surface area contributed by atoms with Gasteiger partial charge in [0, 0.05) is 22.0 Å². The number of benzene rings is 3. The van der Waals surface area contributed by atoms with Crippen molar-refractivity contribution in [3.63, 3.8) is 0 Å². The molecule has 0 aliphatic rings. The summed E-state index contributed by atoms with van der Waals surface area (Å²) in [5.41, 5.74) is -2.50. The molecular formula is C25H23F3N2O3S2. The van der Waals surface area contributed by atoms with E-state index in [4.69, 9.17) is 4.74 Å². The van der Waals surface area contributed by atoms with E-state index in [1.54, 1.807) is 22.9 Å². The summed E-state index contributed by atoms with van der Waals surface area (Å²) in [6.07, 6.45) is 0. The van der Waals surface area contributed by atoms with Crippen LogP contribution in [0.1, 0.15) is 32.0 Å². The molecule has 4 rings (SSSR count). The highest BCUT2D eigenvalue weighted by atomic mass is 32.2. The molecule has 35 heavy (non-hydrogen) atoms. The van der Waals surface area contributed by atoms with Crippen molar-refractivity contribution in [2.24, 2.45) is 0 Å². The minimum absolute atomic E-state index is 0.0717. The summed E-state index contributed by atoms with van der Waals surface area (Å²) in [5, 5.41) is 3.96. The largest absolute Gasteiger partial charge is 0.516 e. The van der Waals surface area contributed by atoms with Gasteiger partial charge in [-0.2, -0.15) is 21.6 Å². The molecule has 0 aliphatic carbocycles. The van der Waals surface area contributed by atoms with Gasteiger partial charge in [-0.1, -0.05) is 57.2 Å². The van der Waals surface area contributed by atoms with E-state index in [-0.39, 0.29) is 17.7 Å². The molecule has 0 bridgehead atoms. The first-order valence-corrected chi connectivity index (χ1v) is 13.0. The van der Waals surface area contributed by atoms with Gasteiger partial charge in [-0.3, -0.25) is 4.72 Å². The molecule has 0 unspecified atom stereocenters. The zero-order valence-electron chi connectivity index (χ0n) is 19.2. The molecule has 0 amide bonds. The summed E-state index contributed by atoms with van der Waals surface area (Å²) >= 11 is 1.52. The van der Waals surface area contributed by atoms with Crippen molar-refractivity contribution >= 4 is 37.8 Å². The number of nitrogens with zero attached hydrogens (tertiary/aromatic N) is 1. The highest BCUT2D eigenvalue weighted by Gasteiger charge is 2.46. The number of hydrogen-bond donors (Lipinski definition) is 1. The summed E-state index contributed by atoms with van der Waals surface area (Å²) in [5.74, 6) is 0.511. The predicted octanol–water partition coefficient (Wildman–Crippen LogP) is 7.10. The number of sulfonamides is 1. The molecule has 10 heteroatoms. The van der Waals surface area contributed by atoms with E-state index in [9.17, 15) is 21.6 Å². The van der Waals surface area contributed by atoms with Crippen molar-refractivity contribution in [3.8, 4) is 16.3 Å². The molecule has 4 aromatic rings. The van der Waals surface area contributed by atoms with E-state index in [1.807, 2.05) is 5.38 Å². The molecule has 0 fully saturated rings. The van der Waals surface area contributed by atoms with Gasteiger partial charge in [-0.05, 0) is 40.6 Å². The van der Waals surface area contributed by atoms with Crippen LogP contribution in [0.3, 0.4) is 0 Å². The molecule has 0 aliphatic heterocycles. The third-order valence-corrected chi connectivity index (χ3v) is 7.38. The third kappa shape index (κ3) is 5.59. The zero-order chi connectivity index (χ0) is 25.4. The Kier molecular flexibility index (Phi) is 6.54. The molecule has 1 aromatic heterocycles. The number of alkyl halides is 3. The maximum absolute atomic E-state index is 12.7. The number of ether oxygens (including phenoxy) is 1. The fraction of sp³-hybridized carbons (Fsp3) is 0.240. The quantitative estimate of drug-likeness (QED) is 0.294. The Bertz CT molecular complexity index is 1460. The van der Waals surface area contributed by atoms with Gasteiger partial charge in [0.05, 0.1) is 5.69 Å². The lowest BCUT2D eigenvalue weighted by Crippen LogP contribution is -2.29. The maximum atomic E-state index is 12.7. The maximum Gasteiger partial charge on any atom is 0.516 e. The Labute approximate surface area is 205 Å². The molecule has 3 aromatic carbocycles. The SMILES string of the molecule is CC(C)(C)c1ccc(-c2nc(COc3cccc4cc(NS(=O)(=O)C(F)(F)F)ccc34)cs2)cc1. The number of halogens is 3. The van der Waals surface area contributed by atoms with E-state index in [2.05, 4.69) is 50.0 Å². The molecule has 0 spiro atoms. The van der Waals surface area contributed by atoms with Gasteiger partial charge in [0.15, 0.2) is 0 Å². The highest BCUT2D eigenvalue weighted by Crippen LogP contribution is 2.32. The van der Waals surface area contributed by atoms with Gasteiger partial charge in [-0.25, -0.2) is 4.98 Å². The standard InChI is InChI=1S/C25H23F3N2O3S2/c1-24(2,3)18-9-7-16(8-10-18)23-29-20(15-34-23)14-33-22-6-4-5-17-13-19(11-12-21(17)22)30-35(31,32)25(26,27)28/h4-13,15,30H,14H2,1-3H3. The van der Waals surface area contributed by atoms with Crippen molar-refractivity contribution in [2.75, 3.05) is 4.72 Å². The Balaban J connectivity index is 1.49. The first-order chi connectivity index (χ1) is 16.3. The topological polar surface area (TPSA) is 68.3 Å². The first kappa shape index (κ1) is 25.0. The van der Waals surface area contributed by atoms with Crippen LogP contribution in [-0.2, 0) is 22.0 Å². The van der Waals surface area contributed by atoms with E-state index in [1.165, 1.54) is 35.1 Å². The van der Waals surface area contributed by atoms with Gasteiger partial charge in [0.1, 0.15) is 17.4 Å². The number of anilines is 1. The minimum atomic E-state index is -5.49. The average Bonchev–Trinajstić information content (AvgIpc) is 3.25. The molecule has 5 nitrogen and oxygen atoms in total. The lowest BCUT2D eigenvalue weighted by atomic mass is 9.87. The van der Waals surface area contributed by atoms with Gasteiger partial charge in [0.25, 0.3) is 0 Å². The number of nitrogens with one attached hydrogen (secondary N) is 1. The van der Waals surface area contributed by atoms with Crippen LogP contribution < -0.4 is 9.46 Å². The molecule has 1 N–H and O–H groups in total. The average molecular weight is 521 g/mol. The smallest absolute Gasteiger partial charge is 0.487 e. The predicted molar refractivity (Wildman–Crippen MR) is 133 cm³/mol. The van der Waals surface area contributed by atoms with Crippen LogP contribution in [-0.4, -0.2) is 18.9 Å². The van der Waals surface area contributed by atoms with Crippen LogP contribution in [0.25, 0.3) is 21.3 Å². The number of rotatable bonds is 6. The third-order valence-electron chi connectivity index (χ3n) is 5.32. The lowest BCUT2D eigenvalue weighted by Gasteiger charge is -2.18. The summed E-state index contributed by atoms with van der Waals surface area (Å²) < 4.78 is 68.2.